The SMILES string of the molecule is O=C1ON=C(c2ccccc2)/C1=C/c1cccc(O)c1. The van der Waals surface area contributed by atoms with Crippen molar-refractivity contribution in [1.29, 1.82) is 0 Å². The lowest BCUT2D eigenvalue weighted by Gasteiger charge is -2.00. The minimum Gasteiger partial charge on any atom is -0.508 e. The summed E-state index contributed by atoms with van der Waals surface area (Å²) in [5.74, 6) is -0.351. The number of hydrogen-bond donors (Lipinski definition) is 1. The van der Waals surface area contributed by atoms with Gasteiger partial charge in [0.2, 0.25) is 0 Å². The van der Waals surface area contributed by atoms with Crippen molar-refractivity contribution in [2.45, 2.75) is 0 Å². The number of rotatable bonds is 2. The van der Waals surface area contributed by atoms with E-state index in [0.29, 0.717) is 16.8 Å². The molecule has 3 rings (SSSR count). The third-order valence-electron chi connectivity index (χ3n) is 2.92. The molecule has 2 aromatic carbocycles. The highest BCUT2D eigenvalue weighted by molar-refractivity contribution is 6.31. The summed E-state index contributed by atoms with van der Waals surface area (Å²) < 4.78 is 0. The van der Waals surface area contributed by atoms with E-state index < -0.39 is 5.97 Å². The lowest BCUT2D eigenvalue weighted by Crippen LogP contribution is -2.06. The van der Waals surface area contributed by atoms with Crippen molar-refractivity contribution >= 4 is 17.8 Å². The summed E-state index contributed by atoms with van der Waals surface area (Å²) in [5, 5.41) is 13.3. The van der Waals surface area contributed by atoms with E-state index in [1.54, 1.807) is 30.3 Å². The van der Waals surface area contributed by atoms with E-state index in [2.05, 4.69) is 5.16 Å². The Morgan fingerprint density at radius 1 is 1.05 bits per heavy atom. The van der Waals surface area contributed by atoms with Gasteiger partial charge in [0.05, 0.1) is 5.57 Å². The van der Waals surface area contributed by atoms with Crippen molar-refractivity contribution in [3.05, 3.63) is 71.3 Å². The third-order valence-corrected chi connectivity index (χ3v) is 2.92. The highest BCUT2D eigenvalue weighted by Gasteiger charge is 2.26. The molecule has 0 unspecified atom stereocenters. The van der Waals surface area contributed by atoms with E-state index in [1.807, 2.05) is 30.3 Å². The molecule has 20 heavy (non-hydrogen) atoms. The van der Waals surface area contributed by atoms with Gasteiger partial charge in [0.1, 0.15) is 11.5 Å². The van der Waals surface area contributed by atoms with Crippen molar-refractivity contribution in [2.75, 3.05) is 0 Å². The van der Waals surface area contributed by atoms with Crippen LogP contribution in [0.15, 0.2) is 65.3 Å². The number of nitrogens with zero attached hydrogens (tertiary/aromatic N) is 1. The summed E-state index contributed by atoms with van der Waals surface area (Å²) in [4.78, 5) is 16.5. The van der Waals surface area contributed by atoms with Crippen molar-refractivity contribution in [3.8, 4) is 5.75 Å². The molecule has 0 fully saturated rings. The second-order valence-corrected chi connectivity index (χ2v) is 4.34. The second-order valence-electron chi connectivity index (χ2n) is 4.34. The molecule has 0 amide bonds. The van der Waals surface area contributed by atoms with Gasteiger partial charge in [0.25, 0.3) is 0 Å². The van der Waals surface area contributed by atoms with Gasteiger partial charge in [-0.3, -0.25) is 0 Å². The summed E-state index contributed by atoms with van der Waals surface area (Å²) in [6.07, 6.45) is 1.65. The van der Waals surface area contributed by atoms with Gasteiger partial charge in [-0.2, -0.15) is 0 Å². The van der Waals surface area contributed by atoms with Gasteiger partial charge in [0, 0.05) is 5.56 Å². The number of oxime groups is 1. The average Bonchev–Trinajstić information content (AvgIpc) is 2.81. The van der Waals surface area contributed by atoms with Crippen LogP contribution in [0.2, 0.25) is 0 Å². The topological polar surface area (TPSA) is 58.9 Å². The fourth-order valence-corrected chi connectivity index (χ4v) is 1.99. The first-order valence-corrected chi connectivity index (χ1v) is 6.10. The normalized spacial score (nSPS) is 16.1. The van der Waals surface area contributed by atoms with Gasteiger partial charge in [-0.15, -0.1) is 0 Å². The molecule has 0 radical (unpaired) electrons. The standard InChI is InChI=1S/C16H11NO3/c18-13-8-4-5-11(9-13)10-14-15(17-20-16(14)19)12-6-2-1-3-7-12/h1-10,18H/b14-10-. The lowest BCUT2D eigenvalue weighted by atomic mass is 10.0. The Kier molecular flexibility index (Phi) is 3.05. The number of carbonyl (C=O) groups excluding carboxylic acids is 1. The van der Waals surface area contributed by atoms with Gasteiger partial charge in [0.15, 0.2) is 0 Å². The molecule has 0 atom stereocenters. The van der Waals surface area contributed by atoms with Crippen molar-refractivity contribution in [3.63, 3.8) is 0 Å². The fraction of sp³-hybridized carbons (Fsp3) is 0. The first-order valence-electron chi connectivity index (χ1n) is 6.10. The molecular weight excluding hydrogens is 254 g/mol. The van der Waals surface area contributed by atoms with Crippen LogP contribution in [0, 0.1) is 0 Å². The average molecular weight is 265 g/mol. The van der Waals surface area contributed by atoms with Crippen LogP contribution in [-0.2, 0) is 9.63 Å². The molecule has 0 saturated heterocycles. The van der Waals surface area contributed by atoms with Crippen LogP contribution in [0.4, 0.5) is 0 Å². The summed E-state index contributed by atoms with van der Waals surface area (Å²) in [6.45, 7) is 0. The van der Waals surface area contributed by atoms with E-state index in [1.165, 1.54) is 0 Å². The van der Waals surface area contributed by atoms with Crippen LogP contribution in [0.5, 0.6) is 5.75 Å². The number of phenolic OH excluding ortho intramolecular Hbond substituents is 1. The highest BCUT2D eigenvalue weighted by Crippen LogP contribution is 2.22. The minimum atomic E-state index is -0.493. The molecule has 0 spiro atoms. The zero-order valence-electron chi connectivity index (χ0n) is 10.5. The largest absolute Gasteiger partial charge is 0.508 e. The maximum atomic E-state index is 11.8. The van der Waals surface area contributed by atoms with Crippen LogP contribution in [0.3, 0.4) is 0 Å². The van der Waals surface area contributed by atoms with Crippen LogP contribution in [0.1, 0.15) is 11.1 Å². The van der Waals surface area contributed by atoms with Crippen LogP contribution in [0.25, 0.3) is 6.08 Å². The third kappa shape index (κ3) is 2.31. The zero-order valence-corrected chi connectivity index (χ0v) is 10.5. The van der Waals surface area contributed by atoms with E-state index >= 15 is 0 Å². The summed E-state index contributed by atoms with van der Waals surface area (Å²) in [7, 11) is 0. The van der Waals surface area contributed by atoms with Crippen LogP contribution in [-0.4, -0.2) is 16.8 Å². The van der Waals surface area contributed by atoms with Crippen LogP contribution >= 0.6 is 0 Å². The van der Waals surface area contributed by atoms with Gasteiger partial charge >= 0.3 is 5.97 Å². The van der Waals surface area contributed by atoms with E-state index in [9.17, 15) is 9.90 Å². The molecule has 1 heterocycles. The molecule has 1 aliphatic heterocycles. The zero-order chi connectivity index (χ0) is 13.9. The quantitative estimate of drug-likeness (QED) is 0.671. The Balaban J connectivity index is 2.03. The Morgan fingerprint density at radius 2 is 1.85 bits per heavy atom. The molecule has 4 heteroatoms. The van der Waals surface area contributed by atoms with Gasteiger partial charge < -0.3 is 9.94 Å². The highest BCUT2D eigenvalue weighted by atomic mass is 16.7. The molecule has 4 nitrogen and oxygen atoms in total. The van der Waals surface area contributed by atoms with Crippen molar-refractivity contribution in [1.82, 2.24) is 0 Å². The Bertz CT molecular complexity index is 718. The Labute approximate surface area is 115 Å². The summed E-state index contributed by atoms with van der Waals surface area (Å²) in [5.41, 5.74) is 2.40. The number of carbonyl (C=O) groups is 1. The smallest absolute Gasteiger partial charge is 0.368 e. The number of benzene rings is 2. The maximum absolute atomic E-state index is 11.8. The van der Waals surface area contributed by atoms with Gasteiger partial charge in [-0.25, -0.2) is 4.79 Å². The first-order chi connectivity index (χ1) is 9.74. The molecular formula is C16H11NO3. The molecule has 1 aliphatic rings. The molecule has 2 aromatic rings. The number of phenols is 1. The summed E-state index contributed by atoms with van der Waals surface area (Å²) in [6, 6.07) is 16.0. The van der Waals surface area contributed by atoms with E-state index in [4.69, 9.17) is 4.84 Å². The number of hydrogen-bond acceptors (Lipinski definition) is 4. The second kappa shape index (κ2) is 5.01. The van der Waals surface area contributed by atoms with E-state index in [-0.39, 0.29) is 5.75 Å². The molecule has 0 bridgehead atoms. The van der Waals surface area contributed by atoms with Crippen LogP contribution < -0.4 is 0 Å². The summed E-state index contributed by atoms with van der Waals surface area (Å²) >= 11 is 0. The number of aromatic hydroxyl groups is 1. The van der Waals surface area contributed by atoms with Crippen molar-refractivity contribution < 1.29 is 14.7 Å². The lowest BCUT2D eigenvalue weighted by molar-refractivity contribution is -0.136. The Morgan fingerprint density at radius 3 is 2.60 bits per heavy atom. The maximum Gasteiger partial charge on any atom is 0.368 e. The fourth-order valence-electron chi connectivity index (χ4n) is 1.99. The molecule has 1 N–H and O–H groups in total. The van der Waals surface area contributed by atoms with Gasteiger partial charge in [-0.1, -0.05) is 47.6 Å². The molecule has 0 aromatic heterocycles. The molecule has 98 valence electrons. The van der Waals surface area contributed by atoms with Gasteiger partial charge in [-0.05, 0) is 23.8 Å². The predicted octanol–water partition coefficient (Wildman–Crippen LogP) is 2.74. The van der Waals surface area contributed by atoms with Crippen molar-refractivity contribution in [2.24, 2.45) is 5.16 Å². The monoisotopic (exact) mass is 265 g/mol. The molecule has 0 aliphatic carbocycles. The predicted molar refractivity (Wildman–Crippen MR) is 75.2 cm³/mol. The first kappa shape index (κ1) is 12.2. The minimum absolute atomic E-state index is 0.143. The van der Waals surface area contributed by atoms with E-state index in [0.717, 1.165) is 5.56 Å². The molecule has 0 saturated carbocycles. The Hall–Kier alpha value is -2.88.